The number of oxime groups is 1. The average Bonchev–Trinajstić information content (AvgIpc) is 1.72. The summed E-state index contributed by atoms with van der Waals surface area (Å²) in [6.07, 6.45) is 36.9. The number of rotatable bonds is 18. The number of phenolic OH excluding ortho intramolecular Hbond substituents is 3. The fraction of sp³-hybridized carbons (Fsp3) is 0.373. The van der Waals surface area contributed by atoms with E-state index < -0.39 is 78.8 Å². The quantitative estimate of drug-likeness (QED) is 0.00827. The Kier molecular flexibility index (Phi) is 34.3. The molecule has 22 nitrogen and oxygen atoms in total. The molecule has 10 N–H and O–H groups in total. The minimum atomic E-state index is -0.981. The van der Waals surface area contributed by atoms with Crippen LogP contribution in [0.1, 0.15) is 140 Å². The molecule has 4 aliphatic rings. The van der Waals surface area contributed by atoms with E-state index in [9.17, 15) is 64.5 Å². The molecule has 0 spiro atoms. The molecule has 4 heterocycles. The van der Waals surface area contributed by atoms with Crippen molar-refractivity contribution in [2.45, 2.75) is 160 Å². The fourth-order valence-electron chi connectivity index (χ4n) is 10.1. The van der Waals surface area contributed by atoms with Crippen molar-refractivity contribution in [3.63, 3.8) is 0 Å². The number of fused-ring (bicyclic) bond motifs is 4. The number of aliphatic hydroxyl groups excluding tert-OH is 4. The second-order valence-corrected chi connectivity index (χ2v) is 23.2. The first kappa shape index (κ1) is 78.0. The lowest BCUT2D eigenvalue weighted by Crippen LogP contribution is -2.30. The Labute approximate surface area is 566 Å². The highest BCUT2D eigenvalue weighted by atomic mass is 16.6. The second kappa shape index (κ2) is 42.7. The number of benzene rings is 3. The number of phenols is 3. The third-order valence-electron chi connectivity index (χ3n) is 15.6. The second-order valence-electron chi connectivity index (χ2n) is 23.2. The van der Waals surface area contributed by atoms with Gasteiger partial charge in [0.1, 0.15) is 77.7 Å². The van der Waals surface area contributed by atoms with Crippen molar-refractivity contribution in [2.75, 3.05) is 7.11 Å². The summed E-state index contributed by atoms with van der Waals surface area (Å²) >= 11 is 0. The summed E-state index contributed by atoms with van der Waals surface area (Å²) in [7, 11) is 1.38. The molecule has 520 valence electrons. The van der Waals surface area contributed by atoms with Crippen LogP contribution in [0.4, 0.5) is 0 Å². The summed E-state index contributed by atoms with van der Waals surface area (Å²) in [5.74, 6) is -3.48. The van der Waals surface area contributed by atoms with Gasteiger partial charge in [0.25, 0.3) is 0 Å². The number of epoxide rings is 1. The van der Waals surface area contributed by atoms with E-state index in [4.69, 9.17) is 18.9 Å². The molecule has 11 atom stereocenters. The van der Waals surface area contributed by atoms with Gasteiger partial charge in [-0.1, -0.05) is 160 Å². The zero-order chi connectivity index (χ0) is 70.5. The molecular weight excluding hydrogens is 1240 g/mol. The summed E-state index contributed by atoms with van der Waals surface area (Å²) in [5, 5.41) is 83.9. The highest BCUT2D eigenvalue weighted by Gasteiger charge is 2.49. The van der Waals surface area contributed by atoms with Gasteiger partial charge in [-0.2, -0.15) is 0 Å². The molecule has 0 aromatic heterocycles. The zero-order valence-corrected chi connectivity index (χ0v) is 55.4. The summed E-state index contributed by atoms with van der Waals surface area (Å²) in [6, 6.07) is 14.4. The zero-order valence-electron chi connectivity index (χ0n) is 55.4. The van der Waals surface area contributed by atoms with Gasteiger partial charge >= 0.3 is 17.9 Å². The molecule has 0 bridgehead atoms. The van der Waals surface area contributed by atoms with E-state index >= 15 is 0 Å². The van der Waals surface area contributed by atoms with Crippen LogP contribution in [0.25, 0.3) is 6.08 Å². The number of nitrogens with zero attached hydrogens (tertiary/aromatic N) is 1. The summed E-state index contributed by atoms with van der Waals surface area (Å²) in [4.78, 5) is 78.3. The first-order valence-electron chi connectivity index (χ1n) is 32.4. The number of carbonyl (C=O) groups excluding carboxylic acids is 6. The van der Waals surface area contributed by atoms with E-state index in [1.807, 2.05) is 64.2 Å². The summed E-state index contributed by atoms with van der Waals surface area (Å²) in [5.41, 5.74) is 1.99. The Balaban J connectivity index is 0.000000263. The van der Waals surface area contributed by atoms with Gasteiger partial charge in [-0.05, 0) is 91.3 Å². The molecule has 3 aromatic carbocycles. The van der Waals surface area contributed by atoms with Crippen molar-refractivity contribution in [1.29, 1.82) is 0 Å². The third kappa shape index (κ3) is 27.9. The molecule has 4 aliphatic heterocycles. The SMILES string of the molecule is CC/C=C\C=C/C(=O)N/C=C/CC1CC(O)C(C)C/C=C/Cc2cccc(O)c2C(=O)O1.CC/C=C\C=C/C(=O)N/C=C\CC1CC(O)C(C)C/C=C/Cc2cccc(O)c2C(=O)O1.CO/N=C/C=C\C(=O)N/C=C/CC1CC(O)C2OC2C(O)/C=C/c2cccc(O)c2C(=O)O1. The number of hydrogen-bond acceptors (Lipinski definition) is 19. The Morgan fingerprint density at radius 3 is 1.39 bits per heavy atom. The van der Waals surface area contributed by atoms with Crippen LogP contribution >= 0.6 is 0 Å². The van der Waals surface area contributed by atoms with Gasteiger partial charge in [-0.3, -0.25) is 14.4 Å². The number of nitrogens with one attached hydrogen (secondary N) is 3. The molecule has 7 rings (SSSR count). The highest BCUT2D eigenvalue weighted by molar-refractivity contribution is 5.97. The van der Waals surface area contributed by atoms with E-state index in [2.05, 4.69) is 25.9 Å². The fourth-order valence-corrected chi connectivity index (χ4v) is 10.1. The van der Waals surface area contributed by atoms with Gasteiger partial charge in [0.2, 0.25) is 17.7 Å². The Bertz CT molecular complexity index is 3300. The minimum Gasteiger partial charge on any atom is -0.507 e. The first-order valence-corrected chi connectivity index (χ1v) is 32.4. The number of allylic oxidation sites excluding steroid dienone is 11. The van der Waals surface area contributed by atoms with E-state index in [1.54, 1.807) is 78.9 Å². The van der Waals surface area contributed by atoms with Crippen molar-refractivity contribution in [1.82, 2.24) is 16.0 Å². The standard InChI is InChI=1S/2C26H33NO5.C23H26N2O8/c2*1-3-4-5-6-16-24(30)27-17-10-14-21-18-23(29)19(2)11-7-8-12-20-13-9-15-22(28)25(20)26(31)32-21;1-31-25-12-4-8-19(29)24-11-3-6-15-13-18(28)22-21(33-22)17(27)10-9-14-5-2-7-16(26)20(14)23(30)32-15/h2*4-10,13,15-17,19,21,23,28-29H,3,11-12,14,18H2,1-2H3,(H,27,30);2-5,7-12,15,17-18,21-22,26-28H,6,13H2,1H3,(H,24,29)/b5-4-,8-7+,16-6-,17-10+;5-4-,8-7+,16-6-,17-10-;8-4-,10-9+,11-3+,25-12+. The van der Waals surface area contributed by atoms with Gasteiger partial charge in [0, 0.05) is 75.4 Å². The topological polar surface area (TPSA) is 342 Å². The van der Waals surface area contributed by atoms with Gasteiger partial charge in [-0.15, -0.1) is 0 Å². The number of ether oxygens (including phenoxy) is 4. The van der Waals surface area contributed by atoms with Gasteiger partial charge < -0.3 is 75.5 Å². The molecule has 0 saturated carbocycles. The predicted octanol–water partition coefficient (Wildman–Crippen LogP) is 9.73. The Morgan fingerprint density at radius 1 is 0.536 bits per heavy atom. The molecule has 97 heavy (non-hydrogen) atoms. The van der Waals surface area contributed by atoms with Gasteiger partial charge in [-0.25, -0.2) is 14.4 Å². The Hall–Kier alpha value is -9.71. The van der Waals surface area contributed by atoms with Crippen LogP contribution in [-0.4, -0.2) is 140 Å². The van der Waals surface area contributed by atoms with E-state index in [0.717, 1.165) is 12.8 Å². The number of cyclic esters (lactones) is 3. The van der Waals surface area contributed by atoms with Crippen LogP contribution in [-0.2, 0) is 51.0 Å². The normalized spacial score (nSPS) is 25.2. The van der Waals surface area contributed by atoms with Crippen LogP contribution < -0.4 is 16.0 Å². The van der Waals surface area contributed by atoms with Gasteiger partial charge in [0.05, 0.1) is 24.5 Å². The minimum absolute atomic E-state index is 0.000482. The molecule has 1 fully saturated rings. The van der Waals surface area contributed by atoms with E-state index in [1.165, 1.54) is 86.6 Å². The van der Waals surface area contributed by atoms with Crippen molar-refractivity contribution in [3.05, 3.63) is 216 Å². The number of amides is 3. The third-order valence-corrected chi connectivity index (χ3v) is 15.6. The molecule has 0 aliphatic carbocycles. The molecule has 3 amide bonds. The molecule has 11 unspecified atom stereocenters. The predicted molar refractivity (Wildman–Crippen MR) is 368 cm³/mol. The highest BCUT2D eigenvalue weighted by Crippen LogP contribution is 2.35. The van der Waals surface area contributed by atoms with Crippen molar-refractivity contribution in [2.24, 2.45) is 17.0 Å². The van der Waals surface area contributed by atoms with Crippen molar-refractivity contribution in [3.8, 4) is 17.2 Å². The summed E-state index contributed by atoms with van der Waals surface area (Å²) < 4.78 is 22.3. The van der Waals surface area contributed by atoms with Crippen LogP contribution in [0.5, 0.6) is 17.2 Å². The molecule has 22 heteroatoms. The lowest BCUT2D eigenvalue weighted by atomic mass is 9.93. The molecular formula is C75H92N4O18. The van der Waals surface area contributed by atoms with Crippen LogP contribution in [0.15, 0.2) is 188 Å². The number of hydrogen-bond donors (Lipinski definition) is 10. The van der Waals surface area contributed by atoms with Gasteiger partial charge in [0.15, 0.2) is 0 Å². The van der Waals surface area contributed by atoms with Crippen LogP contribution in [0, 0.1) is 11.8 Å². The summed E-state index contributed by atoms with van der Waals surface area (Å²) in [6.45, 7) is 7.93. The lowest BCUT2D eigenvalue weighted by Gasteiger charge is -2.24. The number of aliphatic hydroxyl groups is 4. The maximum Gasteiger partial charge on any atom is 0.342 e. The van der Waals surface area contributed by atoms with E-state index in [-0.39, 0.29) is 83.3 Å². The molecule has 1 saturated heterocycles. The number of esters is 3. The van der Waals surface area contributed by atoms with Crippen LogP contribution in [0.3, 0.4) is 0 Å². The number of aromatic hydroxyl groups is 3. The largest absolute Gasteiger partial charge is 0.507 e. The smallest absolute Gasteiger partial charge is 0.342 e. The molecule has 3 aromatic rings. The number of carbonyl (C=O) groups is 6. The molecule has 0 radical (unpaired) electrons. The van der Waals surface area contributed by atoms with Crippen molar-refractivity contribution < 1.29 is 88.3 Å². The lowest BCUT2D eigenvalue weighted by molar-refractivity contribution is -0.116. The average molecular weight is 1340 g/mol. The monoisotopic (exact) mass is 1340 g/mol. The van der Waals surface area contributed by atoms with Crippen LogP contribution in [0.2, 0.25) is 0 Å². The maximum atomic E-state index is 12.9. The van der Waals surface area contributed by atoms with E-state index in [0.29, 0.717) is 55.2 Å². The maximum absolute atomic E-state index is 12.9. The van der Waals surface area contributed by atoms with Crippen molar-refractivity contribution >= 4 is 47.9 Å². The Morgan fingerprint density at radius 2 is 0.948 bits per heavy atom. The first-order chi connectivity index (χ1) is 46.7.